The number of nitrogens with one attached hydrogen (secondary N) is 1. The molecule has 1 heterocycles. The number of aryl methyl sites for hydroxylation is 1. The van der Waals surface area contributed by atoms with Crippen molar-refractivity contribution in [3.8, 4) is 0 Å². The molecule has 1 atom stereocenters. The van der Waals surface area contributed by atoms with Gasteiger partial charge in [0, 0.05) is 11.6 Å². The number of alkyl halides is 3. The molecule has 0 saturated heterocycles. The molecule has 124 valence electrons. The molecular formula is C16H17F3N2O2. The van der Waals surface area contributed by atoms with Gasteiger partial charge in [-0.2, -0.15) is 13.2 Å². The Bertz CT molecular complexity index is 742. The van der Waals surface area contributed by atoms with Gasteiger partial charge in [0.2, 0.25) is 0 Å². The van der Waals surface area contributed by atoms with Gasteiger partial charge >= 0.3 is 6.18 Å². The number of aromatic nitrogens is 1. The summed E-state index contributed by atoms with van der Waals surface area (Å²) in [6.07, 6.45) is -6.18. The van der Waals surface area contributed by atoms with Gasteiger partial charge in [-0.3, -0.25) is 9.78 Å². The maximum Gasteiger partial charge on any atom is 0.416 e. The Morgan fingerprint density at radius 1 is 1.26 bits per heavy atom. The molecule has 1 aromatic heterocycles. The molecule has 0 aliphatic rings. The van der Waals surface area contributed by atoms with E-state index in [1.807, 2.05) is 0 Å². The number of hydrogen-bond donors (Lipinski definition) is 2. The van der Waals surface area contributed by atoms with Crippen LogP contribution >= 0.6 is 0 Å². The summed E-state index contributed by atoms with van der Waals surface area (Å²) in [7, 11) is 0. The number of halogens is 3. The van der Waals surface area contributed by atoms with Crippen LogP contribution in [0.3, 0.4) is 0 Å². The van der Waals surface area contributed by atoms with Crippen LogP contribution in [-0.2, 0) is 0 Å². The maximum absolute atomic E-state index is 12.7. The number of nitrogens with zero attached hydrogens (tertiary/aromatic N) is 1. The average Bonchev–Trinajstić information content (AvgIpc) is 2.45. The lowest BCUT2D eigenvalue weighted by atomic mass is 9.95. The third-order valence-electron chi connectivity index (χ3n) is 3.72. The van der Waals surface area contributed by atoms with Crippen LogP contribution in [0.5, 0.6) is 0 Å². The van der Waals surface area contributed by atoms with E-state index < -0.39 is 23.7 Å². The highest BCUT2D eigenvalue weighted by molar-refractivity contribution is 6.00. The minimum atomic E-state index is -4.83. The summed E-state index contributed by atoms with van der Waals surface area (Å²) in [6, 6.07) is 7.15. The highest BCUT2D eigenvalue weighted by Gasteiger charge is 2.48. The van der Waals surface area contributed by atoms with Crippen molar-refractivity contribution < 1.29 is 23.1 Å². The number of aliphatic hydroxyl groups is 1. The molecule has 4 nitrogen and oxygen atoms in total. The molecule has 7 heteroatoms. The highest BCUT2D eigenvalue weighted by Crippen LogP contribution is 2.28. The third kappa shape index (κ3) is 3.44. The molecule has 1 unspecified atom stereocenters. The van der Waals surface area contributed by atoms with Gasteiger partial charge < -0.3 is 10.4 Å². The molecule has 2 rings (SSSR count). The number of benzene rings is 1. The predicted octanol–water partition coefficient (Wildman–Crippen LogP) is 2.97. The Morgan fingerprint density at radius 3 is 2.48 bits per heavy atom. The normalized spacial score (nSPS) is 13.9. The van der Waals surface area contributed by atoms with Crippen LogP contribution in [0.2, 0.25) is 0 Å². The molecule has 0 bridgehead atoms. The van der Waals surface area contributed by atoms with E-state index in [0.717, 1.165) is 19.2 Å². The molecule has 2 aromatic rings. The molecule has 0 radical (unpaired) electrons. The molecule has 0 aliphatic heterocycles. The van der Waals surface area contributed by atoms with Crippen LogP contribution in [0, 0.1) is 6.92 Å². The maximum atomic E-state index is 12.7. The molecule has 0 spiro atoms. The first-order valence-electron chi connectivity index (χ1n) is 6.95. The third-order valence-corrected chi connectivity index (χ3v) is 3.72. The topological polar surface area (TPSA) is 62.2 Å². The van der Waals surface area contributed by atoms with E-state index >= 15 is 0 Å². The summed E-state index contributed by atoms with van der Waals surface area (Å²) >= 11 is 0. The van der Waals surface area contributed by atoms with E-state index in [-0.39, 0.29) is 5.56 Å². The number of carbonyl (C=O) groups is 1. The summed E-state index contributed by atoms with van der Waals surface area (Å²) in [5, 5.41) is 12.4. The molecular weight excluding hydrogens is 309 g/mol. The molecule has 0 aliphatic carbocycles. The Labute approximate surface area is 131 Å². The number of para-hydroxylation sites is 1. The first kappa shape index (κ1) is 17.2. The molecule has 1 aromatic carbocycles. The average molecular weight is 326 g/mol. The van der Waals surface area contributed by atoms with Gasteiger partial charge in [0.15, 0.2) is 6.10 Å². The minimum absolute atomic E-state index is 0.172. The highest BCUT2D eigenvalue weighted by atomic mass is 19.4. The van der Waals surface area contributed by atoms with Crippen LogP contribution in [-0.4, -0.2) is 33.8 Å². The summed E-state index contributed by atoms with van der Waals surface area (Å²) in [5.41, 5.74) is -0.388. The van der Waals surface area contributed by atoms with Crippen molar-refractivity contribution in [1.82, 2.24) is 10.3 Å². The zero-order valence-electron chi connectivity index (χ0n) is 12.9. The van der Waals surface area contributed by atoms with Gasteiger partial charge in [0.1, 0.15) is 0 Å². The van der Waals surface area contributed by atoms with E-state index in [1.165, 1.54) is 6.20 Å². The number of hydrogen-bond acceptors (Lipinski definition) is 3. The van der Waals surface area contributed by atoms with Crippen molar-refractivity contribution in [3.63, 3.8) is 0 Å². The Kier molecular flexibility index (Phi) is 4.34. The monoisotopic (exact) mass is 326 g/mol. The van der Waals surface area contributed by atoms with Gasteiger partial charge in [-0.15, -0.1) is 0 Å². The predicted molar refractivity (Wildman–Crippen MR) is 80.1 cm³/mol. The fraction of sp³-hybridized carbons (Fsp3) is 0.375. The van der Waals surface area contributed by atoms with Gasteiger partial charge in [0.05, 0.1) is 16.6 Å². The Morgan fingerprint density at radius 2 is 1.87 bits per heavy atom. The molecule has 1 amide bonds. The molecule has 0 fully saturated rings. The summed E-state index contributed by atoms with van der Waals surface area (Å²) in [4.78, 5) is 16.5. The fourth-order valence-corrected chi connectivity index (χ4v) is 2.35. The summed E-state index contributed by atoms with van der Waals surface area (Å²) in [6.45, 7) is 3.94. The van der Waals surface area contributed by atoms with Crippen LogP contribution in [0.4, 0.5) is 13.2 Å². The number of fused-ring (bicyclic) bond motifs is 1. The lowest BCUT2D eigenvalue weighted by Crippen LogP contribution is -2.57. The summed E-state index contributed by atoms with van der Waals surface area (Å²) < 4.78 is 38.0. The van der Waals surface area contributed by atoms with Crippen molar-refractivity contribution in [1.29, 1.82) is 0 Å². The van der Waals surface area contributed by atoms with Crippen LogP contribution < -0.4 is 5.32 Å². The summed E-state index contributed by atoms with van der Waals surface area (Å²) in [5.74, 6) is -0.714. The van der Waals surface area contributed by atoms with Gasteiger partial charge in [-0.05, 0) is 32.4 Å². The number of carbonyl (C=O) groups excluding carboxylic acids is 1. The number of aliphatic hydroxyl groups excluding tert-OH is 1. The van der Waals surface area contributed by atoms with Crippen molar-refractivity contribution in [3.05, 3.63) is 41.6 Å². The van der Waals surface area contributed by atoms with Gasteiger partial charge in [-0.1, -0.05) is 18.2 Å². The number of amides is 1. The fourth-order valence-electron chi connectivity index (χ4n) is 2.35. The van der Waals surface area contributed by atoms with Crippen LogP contribution in [0.15, 0.2) is 30.5 Å². The molecule has 0 saturated carbocycles. The van der Waals surface area contributed by atoms with E-state index in [4.69, 9.17) is 0 Å². The van der Waals surface area contributed by atoms with E-state index in [9.17, 15) is 23.1 Å². The smallest absolute Gasteiger partial charge is 0.382 e. The van der Waals surface area contributed by atoms with E-state index in [0.29, 0.717) is 11.1 Å². The SMILES string of the molecule is Cc1c(C(=O)NC(C)(C)C(O)C(F)(F)F)cnc2ccccc12. The Balaban J connectivity index is 2.33. The second-order valence-electron chi connectivity index (χ2n) is 5.93. The first-order chi connectivity index (χ1) is 10.5. The first-order valence-corrected chi connectivity index (χ1v) is 6.95. The minimum Gasteiger partial charge on any atom is -0.382 e. The molecule has 2 N–H and O–H groups in total. The quantitative estimate of drug-likeness (QED) is 0.911. The van der Waals surface area contributed by atoms with Crippen molar-refractivity contribution in [2.45, 2.75) is 38.6 Å². The largest absolute Gasteiger partial charge is 0.416 e. The Hall–Kier alpha value is -2.15. The van der Waals surface area contributed by atoms with Gasteiger partial charge in [0.25, 0.3) is 5.91 Å². The van der Waals surface area contributed by atoms with Crippen molar-refractivity contribution >= 4 is 16.8 Å². The lowest BCUT2D eigenvalue weighted by molar-refractivity contribution is -0.222. The zero-order valence-corrected chi connectivity index (χ0v) is 12.9. The standard InChI is InChI=1S/C16H17F3N2O2/c1-9-10-6-4-5-7-12(10)20-8-11(9)13(22)21-15(2,3)14(23)16(17,18)19/h4-8,14,23H,1-3H3,(H,21,22). The van der Waals surface area contributed by atoms with E-state index in [1.54, 1.807) is 31.2 Å². The van der Waals surface area contributed by atoms with Crippen molar-refractivity contribution in [2.75, 3.05) is 0 Å². The van der Waals surface area contributed by atoms with Crippen LogP contribution in [0.1, 0.15) is 29.8 Å². The molecule has 23 heavy (non-hydrogen) atoms. The zero-order chi connectivity index (χ0) is 17.4. The number of rotatable bonds is 3. The van der Waals surface area contributed by atoms with E-state index in [2.05, 4.69) is 10.3 Å². The van der Waals surface area contributed by atoms with Crippen LogP contribution in [0.25, 0.3) is 10.9 Å². The lowest BCUT2D eigenvalue weighted by Gasteiger charge is -2.32. The second-order valence-corrected chi connectivity index (χ2v) is 5.93. The number of pyridine rings is 1. The van der Waals surface area contributed by atoms with Gasteiger partial charge in [-0.25, -0.2) is 0 Å². The second kappa shape index (κ2) is 5.81. The van der Waals surface area contributed by atoms with Crippen molar-refractivity contribution in [2.24, 2.45) is 0 Å².